The van der Waals surface area contributed by atoms with Gasteiger partial charge in [0.05, 0.1) is 0 Å². The Morgan fingerprint density at radius 2 is 1.94 bits per heavy atom. The maximum absolute atomic E-state index is 5.96. The molecule has 18 heavy (non-hydrogen) atoms. The highest BCUT2D eigenvalue weighted by atomic mass is 35.5. The van der Waals surface area contributed by atoms with Crippen molar-refractivity contribution in [2.75, 3.05) is 0 Å². The highest BCUT2D eigenvalue weighted by molar-refractivity contribution is 7.07. The van der Waals surface area contributed by atoms with Gasteiger partial charge in [-0.2, -0.15) is 11.3 Å². The fourth-order valence-corrected chi connectivity index (χ4v) is 3.33. The van der Waals surface area contributed by atoms with Crippen LogP contribution in [-0.4, -0.2) is 0 Å². The molecule has 1 N–H and O–H groups in total. The third-order valence-corrected chi connectivity index (χ3v) is 4.80. The lowest BCUT2D eigenvalue weighted by molar-refractivity contribution is 0.183. The van der Waals surface area contributed by atoms with Gasteiger partial charge in [-0.3, -0.25) is 0 Å². The molecule has 0 atom stereocenters. The van der Waals surface area contributed by atoms with E-state index in [-0.39, 0.29) is 5.54 Å². The molecule has 3 heteroatoms. The van der Waals surface area contributed by atoms with Gasteiger partial charge in [-0.25, -0.2) is 0 Å². The Bertz CT molecular complexity index is 500. The van der Waals surface area contributed by atoms with Crippen LogP contribution in [0.5, 0.6) is 0 Å². The maximum atomic E-state index is 5.96. The van der Waals surface area contributed by atoms with Gasteiger partial charge in [-0.1, -0.05) is 23.7 Å². The molecule has 1 aliphatic carbocycles. The highest BCUT2D eigenvalue weighted by Gasteiger charge is 2.37. The molecule has 1 aliphatic rings. The van der Waals surface area contributed by atoms with Gasteiger partial charge in [0.1, 0.15) is 0 Å². The minimum Gasteiger partial charge on any atom is -0.303 e. The summed E-state index contributed by atoms with van der Waals surface area (Å²) in [6, 6.07) is 10.5. The first-order valence-electron chi connectivity index (χ1n) is 6.31. The minimum absolute atomic E-state index is 0.173. The second-order valence-electron chi connectivity index (χ2n) is 4.93. The van der Waals surface area contributed by atoms with Gasteiger partial charge in [0.2, 0.25) is 0 Å². The van der Waals surface area contributed by atoms with Crippen LogP contribution in [0, 0.1) is 0 Å². The van der Waals surface area contributed by atoms with Crippen LogP contribution in [0.25, 0.3) is 0 Å². The van der Waals surface area contributed by atoms with Crippen molar-refractivity contribution in [3.05, 3.63) is 57.2 Å². The third kappa shape index (κ3) is 2.33. The minimum atomic E-state index is 0.173. The predicted molar refractivity (Wildman–Crippen MR) is 78.1 cm³/mol. The lowest BCUT2D eigenvalue weighted by atomic mass is 9.72. The lowest BCUT2D eigenvalue weighted by Gasteiger charge is -2.43. The van der Waals surface area contributed by atoms with Gasteiger partial charge in [-0.15, -0.1) is 0 Å². The van der Waals surface area contributed by atoms with E-state index in [4.69, 9.17) is 11.6 Å². The van der Waals surface area contributed by atoms with Gasteiger partial charge < -0.3 is 5.32 Å². The molecular formula is C15H16ClNS. The quantitative estimate of drug-likeness (QED) is 0.863. The molecule has 0 radical (unpaired) electrons. The van der Waals surface area contributed by atoms with Crippen molar-refractivity contribution in [1.82, 2.24) is 5.32 Å². The summed E-state index contributed by atoms with van der Waals surface area (Å²) in [7, 11) is 0. The first-order valence-corrected chi connectivity index (χ1v) is 7.63. The average Bonchev–Trinajstić information content (AvgIpc) is 2.83. The van der Waals surface area contributed by atoms with E-state index < -0.39 is 0 Å². The summed E-state index contributed by atoms with van der Waals surface area (Å²) in [5.74, 6) is 0. The number of hydrogen-bond donors (Lipinski definition) is 1. The van der Waals surface area contributed by atoms with Crippen molar-refractivity contribution in [1.29, 1.82) is 0 Å². The molecule has 94 valence electrons. The molecule has 0 amide bonds. The number of rotatable bonds is 4. The summed E-state index contributed by atoms with van der Waals surface area (Å²) in [6.07, 6.45) is 3.75. The van der Waals surface area contributed by atoms with Gasteiger partial charge in [0.25, 0.3) is 0 Å². The Balaban J connectivity index is 1.75. The zero-order valence-corrected chi connectivity index (χ0v) is 11.7. The molecule has 1 aromatic heterocycles. The maximum Gasteiger partial charge on any atom is 0.0437 e. The van der Waals surface area contributed by atoms with Gasteiger partial charge in [-0.05, 0) is 59.3 Å². The highest BCUT2D eigenvalue weighted by Crippen LogP contribution is 2.41. The first kappa shape index (κ1) is 12.2. The van der Waals surface area contributed by atoms with Crippen molar-refractivity contribution in [2.24, 2.45) is 0 Å². The number of hydrogen-bond acceptors (Lipinski definition) is 2. The number of benzene rings is 1. The topological polar surface area (TPSA) is 12.0 Å². The lowest BCUT2D eigenvalue weighted by Crippen LogP contribution is -2.47. The van der Waals surface area contributed by atoms with Gasteiger partial charge >= 0.3 is 0 Å². The summed E-state index contributed by atoms with van der Waals surface area (Å²) >= 11 is 7.72. The van der Waals surface area contributed by atoms with Crippen LogP contribution >= 0.6 is 22.9 Å². The molecule has 1 fully saturated rings. The van der Waals surface area contributed by atoms with Crippen molar-refractivity contribution in [2.45, 2.75) is 31.3 Å². The molecule has 0 spiro atoms. The van der Waals surface area contributed by atoms with Crippen LogP contribution in [0.1, 0.15) is 30.4 Å². The largest absolute Gasteiger partial charge is 0.303 e. The van der Waals surface area contributed by atoms with Gasteiger partial charge in [0.15, 0.2) is 0 Å². The fourth-order valence-electron chi connectivity index (χ4n) is 2.53. The number of halogens is 1. The molecule has 0 bridgehead atoms. The molecule has 1 saturated carbocycles. The third-order valence-electron chi connectivity index (χ3n) is 3.81. The van der Waals surface area contributed by atoms with E-state index in [1.807, 2.05) is 12.1 Å². The van der Waals surface area contributed by atoms with E-state index in [2.05, 4.69) is 34.3 Å². The molecule has 0 aliphatic heterocycles. The summed E-state index contributed by atoms with van der Waals surface area (Å²) in [4.78, 5) is 0. The van der Waals surface area contributed by atoms with Crippen molar-refractivity contribution >= 4 is 22.9 Å². The average molecular weight is 278 g/mol. The molecule has 1 aromatic carbocycles. The Kier molecular flexibility index (Phi) is 3.42. The van der Waals surface area contributed by atoms with E-state index in [9.17, 15) is 0 Å². The summed E-state index contributed by atoms with van der Waals surface area (Å²) in [5, 5.41) is 8.89. The van der Waals surface area contributed by atoms with Crippen molar-refractivity contribution < 1.29 is 0 Å². The van der Waals surface area contributed by atoms with Gasteiger partial charge in [0, 0.05) is 17.1 Å². The SMILES string of the molecule is Clc1ccc(C2(NCc3ccsc3)CCC2)cc1. The monoisotopic (exact) mass is 277 g/mol. The fraction of sp³-hybridized carbons (Fsp3) is 0.333. The van der Waals surface area contributed by atoms with Crippen LogP contribution in [0.15, 0.2) is 41.1 Å². The Morgan fingerprint density at radius 3 is 2.50 bits per heavy atom. The summed E-state index contributed by atoms with van der Waals surface area (Å²) in [6.45, 7) is 0.951. The molecule has 1 nitrogen and oxygen atoms in total. The van der Waals surface area contributed by atoms with Crippen molar-refractivity contribution in [3.8, 4) is 0 Å². The van der Waals surface area contributed by atoms with Crippen molar-refractivity contribution in [3.63, 3.8) is 0 Å². The molecular weight excluding hydrogens is 262 g/mol. The van der Waals surface area contributed by atoms with Crippen LogP contribution in [0.2, 0.25) is 5.02 Å². The van der Waals surface area contributed by atoms with E-state index in [0.717, 1.165) is 11.6 Å². The standard InChI is InChI=1S/C15H16ClNS/c16-14-4-2-13(3-5-14)15(7-1-8-15)17-10-12-6-9-18-11-12/h2-6,9,11,17H,1,7-8,10H2. The molecule has 0 saturated heterocycles. The molecule has 0 unspecified atom stereocenters. The zero-order valence-electron chi connectivity index (χ0n) is 10.2. The number of nitrogens with one attached hydrogen (secondary N) is 1. The second-order valence-corrected chi connectivity index (χ2v) is 6.14. The summed E-state index contributed by atoms with van der Waals surface area (Å²) in [5.41, 5.74) is 2.92. The normalized spacial score (nSPS) is 17.4. The van der Waals surface area contributed by atoms with Crippen LogP contribution in [0.4, 0.5) is 0 Å². The Morgan fingerprint density at radius 1 is 1.17 bits per heavy atom. The number of thiophene rings is 1. The smallest absolute Gasteiger partial charge is 0.0437 e. The van der Waals surface area contributed by atoms with E-state index in [1.54, 1.807) is 11.3 Å². The first-order chi connectivity index (χ1) is 8.78. The van der Waals surface area contributed by atoms with E-state index >= 15 is 0 Å². The predicted octanol–water partition coefficient (Wildman–Crippen LogP) is 4.57. The molecule has 1 heterocycles. The Labute approximate surface area is 117 Å². The summed E-state index contributed by atoms with van der Waals surface area (Å²) < 4.78 is 0. The second kappa shape index (κ2) is 5.04. The van der Waals surface area contributed by atoms with Crippen LogP contribution in [-0.2, 0) is 12.1 Å². The Hall–Kier alpha value is -0.830. The molecule has 2 aromatic rings. The molecule has 3 rings (SSSR count). The zero-order chi connectivity index (χ0) is 12.4. The van der Waals surface area contributed by atoms with E-state index in [0.29, 0.717) is 0 Å². The van der Waals surface area contributed by atoms with Crippen LogP contribution < -0.4 is 5.32 Å². The van der Waals surface area contributed by atoms with Crippen LogP contribution in [0.3, 0.4) is 0 Å². The van der Waals surface area contributed by atoms with E-state index in [1.165, 1.54) is 30.4 Å².